The van der Waals surface area contributed by atoms with E-state index in [-0.39, 0.29) is 24.6 Å². The van der Waals surface area contributed by atoms with Gasteiger partial charge in [-0.1, -0.05) is 32.1 Å². The van der Waals surface area contributed by atoms with E-state index in [1.165, 1.54) is 12.1 Å². The van der Waals surface area contributed by atoms with Crippen LogP contribution in [0, 0.1) is 0 Å². The predicted octanol–water partition coefficient (Wildman–Crippen LogP) is 2.96. The molecule has 1 aromatic rings. The molecular formula is C18H25F3N4O2. The number of nitrogens with one attached hydrogen (secondary N) is 1. The molecule has 9 heteroatoms. The molecule has 0 aromatic heterocycles. The van der Waals surface area contributed by atoms with Crippen LogP contribution in [0.1, 0.15) is 25.3 Å². The molecule has 0 amide bonds. The highest BCUT2D eigenvalue weighted by molar-refractivity contribution is 5.76. The maximum atomic E-state index is 12.2. The number of hydrogen-bond acceptors (Lipinski definition) is 5. The van der Waals surface area contributed by atoms with Gasteiger partial charge in [-0.05, 0) is 24.1 Å². The Labute approximate surface area is 156 Å². The highest BCUT2D eigenvalue weighted by Crippen LogP contribution is 2.23. The summed E-state index contributed by atoms with van der Waals surface area (Å²) in [5, 5.41) is 3.40. The van der Waals surface area contributed by atoms with Gasteiger partial charge in [0.25, 0.3) is 6.02 Å². The summed E-state index contributed by atoms with van der Waals surface area (Å²) in [6, 6.07) is 6.25. The molecule has 2 rings (SSSR count). The van der Waals surface area contributed by atoms with Crippen LogP contribution in [-0.2, 0) is 11.3 Å². The van der Waals surface area contributed by atoms with E-state index < -0.39 is 6.36 Å². The molecule has 0 saturated carbocycles. The number of amidine groups is 1. The van der Waals surface area contributed by atoms with Crippen molar-refractivity contribution in [1.82, 2.24) is 10.2 Å². The molecule has 6 nitrogen and oxygen atoms in total. The van der Waals surface area contributed by atoms with Crippen molar-refractivity contribution in [3.63, 3.8) is 0 Å². The quantitative estimate of drug-likeness (QED) is 0.719. The molecule has 27 heavy (non-hydrogen) atoms. The third-order valence-electron chi connectivity index (χ3n) is 4.09. The molecule has 1 saturated heterocycles. The van der Waals surface area contributed by atoms with Crippen molar-refractivity contribution in [2.75, 3.05) is 13.2 Å². The molecule has 0 bridgehead atoms. The van der Waals surface area contributed by atoms with Gasteiger partial charge in [-0.15, -0.1) is 13.2 Å². The fourth-order valence-electron chi connectivity index (χ4n) is 2.85. The van der Waals surface area contributed by atoms with Crippen molar-refractivity contribution in [2.45, 2.75) is 44.8 Å². The molecule has 1 aliphatic rings. The fraction of sp³-hybridized carbons (Fsp3) is 0.500. The second-order valence-corrected chi connectivity index (χ2v) is 6.08. The van der Waals surface area contributed by atoms with E-state index in [0.717, 1.165) is 18.4 Å². The van der Waals surface area contributed by atoms with Crippen LogP contribution in [0.15, 0.2) is 42.0 Å². The zero-order chi connectivity index (χ0) is 19.9. The summed E-state index contributed by atoms with van der Waals surface area (Å²) >= 11 is 0. The summed E-state index contributed by atoms with van der Waals surface area (Å²) in [5.74, 6) is -0.239. The first kappa shape index (κ1) is 21.0. The van der Waals surface area contributed by atoms with Gasteiger partial charge in [0.2, 0.25) is 0 Å². The first-order chi connectivity index (χ1) is 12.9. The molecular weight excluding hydrogens is 361 g/mol. The first-order valence-corrected chi connectivity index (χ1v) is 8.74. The lowest BCUT2D eigenvalue weighted by Gasteiger charge is -2.39. The Hall–Kier alpha value is -2.26. The summed E-state index contributed by atoms with van der Waals surface area (Å²) in [6.07, 6.45) is -1.36. The van der Waals surface area contributed by atoms with E-state index >= 15 is 0 Å². The van der Waals surface area contributed by atoms with Crippen LogP contribution in [0.5, 0.6) is 5.75 Å². The molecule has 1 unspecified atom stereocenters. The number of nitrogens with two attached hydrogens (primary N) is 1. The normalized spacial score (nSPS) is 21.8. The van der Waals surface area contributed by atoms with E-state index in [1.54, 1.807) is 23.2 Å². The van der Waals surface area contributed by atoms with Crippen LogP contribution in [0.25, 0.3) is 0 Å². The van der Waals surface area contributed by atoms with Gasteiger partial charge in [0.1, 0.15) is 11.9 Å². The van der Waals surface area contributed by atoms with Gasteiger partial charge in [-0.25, -0.2) is 4.99 Å². The number of hydrogen-bond donors (Lipinski definition) is 2. The van der Waals surface area contributed by atoms with Gasteiger partial charge >= 0.3 is 6.36 Å². The number of alkyl halides is 3. The Bertz CT molecular complexity index is 634. The van der Waals surface area contributed by atoms with Crippen LogP contribution >= 0.6 is 0 Å². The third kappa shape index (κ3) is 6.44. The summed E-state index contributed by atoms with van der Waals surface area (Å²) in [4.78, 5) is 5.94. The first-order valence-electron chi connectivity index (χ1n) is 8.74. The SMILES string of the molecule is C=CN1C[C@H](NCc2ccc(OC(F)(F)F)cc2)C(CCC)O/C1=N/CN. The standard InChI is InChI=1S/C18H25F3N4O2/c1-3-5-16-15(11-25(4-2)17(26-16)24-12-22)23-10-13-6-8-14(9-7-13)27-18(19,20)21/h4,6-9,15-16,23H,2-3,5,10-12,22H2,1H3/b24-17+/t15-,16?/m0/s1. The highest BCUT2D eigenvalue weighted by Gasteiger charge is 2.33. The maximum absolute atomic E-state index is 12.2. The Kier molecular flexibility index (Phi) is 7.49. The van der Waals surface area contributed by atoms with Crippen LogP contribution in [0.2, 0.25) is 0 Å². The lowest BCUT2D eigenvalue weighted by Crippen LogP contribution is -2.55. The minimum Gasteiger partial charge on any atom is -0.460 e. The zero-order valence-corrected chi connectivity index (χ0v) is 15.2. The number of benzene rings is 1. The molecule has 150 valence electrons. The van der Waals surface area contributed by atoms with E-state index in [4.69, 9.17) is 10.5 Å². The Balaban J connectivity index is 1.99. The highest BCUT2D eigenvalue weighted by atomic mass is 19.4. The van der Waals surface area contributed by atoms with E-state index in [9.17, 15) is 13.2 Å². The van der Waals surface area contributed by atoms with Crippen LogP contribution in [0.4, 0.5) is 13.2 Å². The molecule has 1 fully saturated rings. The predicted molar refractivity (Wildman–Crippen MR) is 96.9 cm³/mol. The van der Waals surface area contributed by atoms with Gasteiger partial charge in [0.15, 0.2) is 0 Å². The molecule has 0 spiro atoms. The van der Waals surface area contributed by atoms with Gasteiger partial charge in [0, 0.05) is 19.3 Å². The minimum absolute atomic E-state index is 0.00535. The molecule has 2 atom stereocenters. The largest absolute Gasteiger partial charge is 0.573 e. The van der Waals surface area contributed by atoms with Crippen molar-refractivity contribution in [1.29, 1.82) is 0 Å². The molecule has 1 heterocycles. The van der Waals surface area contributed by atoms with Crippen LogP contribution in [0.3, 0.4) is 0 Å². The second kappa shape index (κ2) is 9.61. The number of halogens is 3. The summed E-state index contributed by atoms with van der Waals surface area (Å²) in [7, 11) is 0. The van der Waals surface area contributed by atoms with Gasteiger partial charge in [-0.3, -0.25) is 0 Å². The van der Waals surface area contributed by atoms with Crippen LogP contribution < -0.4 is 15.8 Å². The van der Waals surface area contributed by atoms with Gasteiger partial charge in [0.05, 0.1) is 12.7 Å². The fourth-order valence-corrected chi connectivity index (χ4v) is 2.85. The van der Waals surface area contributed by atoms with Crippen LogP contribution in [-0.4, -0.2) is 42.6 Å². The summed E-state index contributed by atoms with van der Waals surface area (Å²) in [5.41, 5.74) is 6.33. The Morgan fingerprint density at radius 3 is 2.67 bits per heavy atom. The number of nitrogens with zero attached hydrogens (tertiary/aromatic N) is 2. The minimum atomic E-state index is -4.69. The third-order valence-corrected chi connectivity index (χ3v) is 4.09. The molecule has 1 aliphatic heterocycles. The van der Waals surface area contributed by atoms with Crippen molar-refractivity contribution >= 4 is 6.02 Å². The lowest BCUT2D eigenvalue weighted by molar-refractivity contribution is -0.274. The summed E-state index contributed by atoms with van der Waals surface area (Å²) < 4.78 is 46.5. The average Bonchev–Trinajstić information content (AvgIpc) is 2.61. The number of rotatable bonds is 8. The monoisotopic (exact) mass is 386 g/mol. The van der Waals surface area contributed by atoms with E-state index in [1.807, 2.05) is 0 Å². The van der Waals surface area contributed by atoms with Crippen molar-refractivity contribution in [2.24, 2.45) is 10.7 Å². The summed E-state index contributed by atoms with van der Waals surface area (Å²) in [6.45, 7) is 7.06. The number of ether oxygens (including phenoxy) is 2. The van der Waals surface area contributed by atoms with Gasteiger partial charge in [-0.2, -0.15) is 0 Å². The Morgan fingerprint density at radius 2 is 2.11 bits per heavy atom. The maximum Gasteiger partial charge on any atom is 0.573 e. The van der Waals surface area contributed by atoms with Crippen molar-refractivity contribution in [3.05, 3.63) is 42.6 Å². The topological polar surface area (TPSA) is 72.1 Å². The van der Waals surface area contributed by atoms with E-state index in [0.29, 0.717) is 19.1 Å². The zero-order valence-electron chi connectivity index (χ0n) is 15.2. The molecule has 0 aliphatic carbocycles. The Morgan fingerprint density at radius 1 is 1.41 bits per heavy atom. The molecule has 1 aromatic carbocycles. The van der Waals surface area contributed by atoms with Crippen molar-refractivity contribution in [3.8, 4) is 5.75 Å². The second-order valence-electron chi connectivity index (χ2n) is 6.08. The van der Waals surface area contributed by atoms with Gasteiger partial charge < -0.3 is 25.4 Å². The smallest absolute Gasteiger partial charge is 0.460 e. The molecule has 3 N–H and O–H groups in total. The molecule has 0 radical (unpaired) electrons. The van der Waals surface area contributed by atoms with E-state index in [2.05, 4.69) is 28.5 Å². The number of aliphatic imine (C=N–C) groups is 1. The lowest BCUT2D eigenvalue weighted by atomic mass is 10.0. The average molecular weight is 386 g/mol. The van der Waals surface area contributed by atoms with Crippen molar-refractivity contribution < 1.29 is 22.6 Å².